The van der Waals surface area contributed by atoms with Crippen LogP contribution in [0.15, 0.2) is 48.5 Å². The molecule has 24 heavy (non-hydrogen) atoms. The van der Waals surface area contributed by atoms with E-state index in [2.05, 4.69) is 10.3 Å². The van der Waals surface area contributed by atoms with Gasteiger partial charge in [0.05, 0.1) is 11.4 Å². The fourth-order valence-corrected chi connectivity index (χ4v) is 2.29. The Morgan fingerprint density at radius 2 is 1.92 bits per heavy atom. The summed E-state index contributed by atoms with van der Waals surface area (Å²) in [4.78, 5) is 12.2. The van der Waals surface area contributed by atoms with E-state index in [9.17, 15) is 9.18 Å². The largest absolute Gasteiger partial charge is 0.456 e. The van der Waals surface area contributed by atoms with Crippen LogP contribution in [0.25, 0.3) is 5.69 Å². The van der Waals surface area contributed by atoms with Crippen LogP contribution in [0.2, 0.25) is 0 Å². The number of carbonyl (C=O) groups is 1. The summed E-state index contributed by atoms with van der Waals surface area (Å²) in [7, 11) is 0. The first-order valence-electron chi connectivity index (χ1n) is 7.45. The number of nitrogens with zero attached hydrogens (tertiary/aromatic N) is 3. The molecule has 0 atom stereocenters. The van der Waals surface area contributed by atoms with Crippen LogP contribution in [0.5, 0.6) is 0 Å². The molecule has 122 valence electrons. The molecule has 0 aliphatic heterocycles. The highest BCUT2D eigenvalue weighted by Crippen LogP contribution is 2.14. The fourth-order valence-electron chi connectivity index (χ4n) is 2.29. The van der Waals surface area contributed by atoms with Crippen LogP contribution in [-0.2, 0) is 11.3 Å². The Kier molecular flexibility index (Phi) is 4.37. The van der Waals surface area contributed by atoms with E-state index in [1.54, 1.807) is 23.7 Å². The third-order valence-electron chi connectivity index (χ3n) is 3.63. The lowest BCUT2D eigenvalue weighted by Crippen LogP contribution is -2.08. The number of esters is 1. The van der Waals surface area contributed by atoms with E-state index in [0.29, 0.717) is 11.3 Å². The molecule has 0 saturated carbocycles. The highest BCUT2D eigenvalue weighted by atomic mass is 19.1. The second-order valence-electron chi connectivity index (χ2n) is 5.48. The van der Waals surface area contributed by atoms with Crippen LogP contribution >= 0.6 is 0 Å². The molecule has 5 nitrogen and oxygen atoms in total. The van der Waals surface area contributed by atoms with Crippen molar-refractivity contribution in [1.82, 2.24) is 15.0 Å². The maximum atomic E-state index is 13.1. The molecule has 0 bridgehead atoms. The number of halogens is 1. The Morgan fingerprint density at radius 1 is 1.17 bits per heavy atom. The molecule has 1 aromatic heterocycles. The second kappa shape index (κ2) is 6.62. The van der Waals surface area contributed by atoms with Crippen LogP contribution in [0.4, 0.5) is 4.39 Å². The number of aryl methyl sites for hydroxylation is 1. The van der Waals surface area contributed by atoms with E-state index in [-0.39, 0.29) is 18.1 Å². The Labute approximate surface area is 138 Å². The van der Waals surface area contributed by atoms with E-state index in [0.717, 1.165) is 11.3 Å². The normalized spacial score (nSPS) is 10.6. The van der Waals surface area contributed by atoms with Crippen molar-refractivity contribution in [2.75, 3.05) is 0 Å². The predicted octanol–water partition coefficient (Wildman–Crippen LogP) is 3.38. The molecule has 0 saturated heterocycles. The third-order valence-corrected chi connectivity index (χ3v) is 3.63. The SMILES string of the molecule is Cc1ccc(-n2nnc(C(=O)OCc3cccc(F)c3)c2C)cc1. The minimum atomic E-state index is -0.588. The molecular formula is C18H16FN3O2. The maximum Gasteiger partial charge on any atom is 0.361 e. The number of rotatable bonds is 4. The molecule has 0 N–H and O–H groups in total. The molecule has 2 aromatic carbocycles. The van der Waals surface area contributed by atoms with Crippen molar-refractivity contribution >= 4 is 5.97 Å². The number of hydrogen-bond donors (Lipinski definition) is 0. The Bertz CT molecular complexity index is 872. The number of benzene rings is 2. The lowest BCUT2D eigenvalue weighted by molar-refractivity contribution is 0.0464. The maximum absolute atomic E-state index is 13.1. The molecule has 1 heterocycles. The first-order valence-corrected chi connectivity index (χ1v) is 7.45. The van der Waals surface area contributed by atoms with Gasteiger partial charge in [-0.25, -0.2) is 13.9 Å². The average molecular weight is 325 g/mol. The van der Waals surface area contributed by atoms with E-state index in [4.69, 9.17) is 4.74 Å². The van der Waals surface area contributed by atoms with Gasteiger partial charge in [0.25, 0.3) is 0 Å². The summed E-state index contributed by atoms with van der Waals surface area (Å²) < 4.78 is 19.9. The van der Waals surface area contributed by atoms with Crippen LogP contribution in [0.1, 0.15) is 27.3 Å². The van der Waals surface area contributed by atoms with E-state index in [1.807, 2.05) is 31.2 Å². The molecular weight excluding hydrogens is 309 g/mol. The van der Waals surface area contributed by atoms with Crippen molar-refractivity contribution in [3.05, 3.63) is 76.9 Å². The van der Waals surface area contributed by atoms with Gasteiger partial charge in [-0.2, -0.15) is 0 Å². The van der Waals surface area contributed by atoms with Gasteiger partial charge in [0.2, 0.25) is 0 Å². The highest BCUT2D eigenvalue weighted by Gasteiger charge is 2.18. The van der Waals surface area contributed by atoms with Gasteiger partial charge in [-0.05, 0) is 43.7 Å². The molecule has 6 heteroatoms. The number of aromatic nitrogens is 3. The molecule has 0 aliphatic rings. The highest BCUT2D eigenvalue weighted by molar-refractivity contribution is 5.88. The van der Waals surface area contributed by atoms with Gasteiger partial charge in [0, 0.05) is 0 Å². The summed E-state index contributed by atoms with van der Waals surface area (Å²) in [6, 6.07) is 13.6. The third kappa shape index (κ3) is 3.32. The Hall–Kier alpha value is -3.02. The fraction of sp³-hybridized carbons (Fsp3) is 0.167. The number of hydrogen-bond acceptors (Lipinski definition) is 4. The van der Waals surface area contributed by atoms with Crippen molar-refractivity contribution in [3.8, 4) is 5.69 Å². The topological polar surface area (TPSA) is 57.0 Å². The smallest absolute Gasteiger partial charge is 0.361 e. The Morgan fingerprint density at radius 3 is 2.62 bits per heavy atom. The number of carbonyl (C=O) groups excluding carboxylic acids is 1. The lowest BCUT2D eigenvalue weighted by Gasteiger charge is -2.05. The van der Waals surface area contributed by atoms with E-state index < -0.39 is 5.97 Å². The summed E-state index contributed by atoms with van der Waals surface area (Å²) in [6.45, 7) is 3.72. The zero-order chi connectivity index (χ0) is 17.1. The van der Waals surface area contributed by atoms with Gasteiger partial charge in [-0.15, -0.1) is 5.10 Å². The number of ether oxygens (including phenoxy) is 1. The van der Waals surface area contributed by atoms with Crippen LogP contribution in [-0.4, -0.2) is 21.0 Å². The monoisotopic (exact) mass is 325 g/mol. The molecule has 0 aliphatic carbocycles. The zero-order valence-electron chi connectivity index (χ0n) is 13.4. The van der Waals surface area contributed by atoms with Crippen molar-refractivity contribution in [1.29, 1.82) is 0 Å². The van der Waals surface area contributed by atoms with Crippen molar-refractivity contribution in [2.45, 2.75) is 20.5 Å². The van der Waals surface area contributed by atoms with Crippen molar-refractivity contribution < 1.29 is 13.9 Å². The minimum Gasteiger partial charge on any atom is -0.456 e. The molecule has 0 unspecified atom stereocenters. The molecule has 0 radical (unpaired) electrons. The summed E-state index contributed by atoms with van der Waals surface area (Å²) in [6.07, 6.45) is 0. The molecule has 0 fully saturated rings. The quantitative estimate of drug-likeness (QED) is 0.690. The van der Waals surface area contributed by atoms with E-state index >= 15 is 0 Å². The van der Waals surface area contributed by atoms with E-state index in [1.165, 1.54) is 12.1 Å². The molecule has 0 amide bonds. The molecule has 0 spiro atoms. The van der Waals surface area contributed by atoms with Crippen LogP contribution in [0, 0.1) is 19.7 Å². The summed E-state index contributed by atoms with van der Waals surface area (Å²) in [5.74, 6) is -0.958. The summed E-state index contributed by atoms with van der Waals surface area (Å²) in [5, 5.41) is 7.92. The second-order valence-corrected chi connectivity index (χ2v) is 5.48. The standard InChI is InChI=1S/C18H16FN3O2/c1-12-6-8-16(9-7-12)22-13(2)17(20-21-22)18(23)24-11-14-4-3-5-15(19)10-14/h3-10H,11H2,1-2H3. The predicted molar refractivity (Wildman–Crippen MR) is 86.4 cm³/mol. The molecule has 3 aromatic rings. The van der Waals surface area contributed by atoms with Gasteiger partial charge in [0.15, 0.2) is 5.69 Å². The lowest BCUT2D eigenvalue weighted by atomic mass is 10.2. The minimum absolute atomic E-state index is 0.0204. The zero-order valence-corrected chi connectivity index (χ0v) is 13.4. The first kappa shape index (κ1) is 15.9. The van der Waals surface area contributed by atoms with Gasteiger partial charge in [0.1, 0.15) is 12.4 Å². The molecule has 3 rings (SSSR count). The Balaban J connectivity index is 1.75. The van der Waals surface area contributed by atoms with Crippen LogP contribution < -0.4 is 0 Å². The average Bonchev–Trinajstić information content (AvgIpc) is 2.95. The van der Waals surface area contributed by atoms with Gasteiger partial charge in [-0.1, -0.05) is 35.0 Å². The summed E-state index contributed by atoms with van der Waals surface area (Å²) >= 11 is 0. The van der Waals surface area contributed by atoms with Crippen LogP contribution in [0.3, 0.4) is 0 Å². The van der Waals surface area contributed by atoms with Crippen molar-refractivity contribution in [2.24, 2.45) is 0 Å². The van der Waals surface area contributed by atoms with Gasteiger partial charge >= 0.3 is 5.97 Å². The van der Waals surface area contributed by atoms with Crippen molar-refractivity contribution in [3.63, 3.8) is 0 Å². The van der Waals surface area contributed by atoms with Gasteiger partial charge in [-0.3, -0.25) is 0 Å². The summed E-state index contributed by atoms with van der Waals surface area (Å²) in [5.41, 5.74) is 3.25. The van der Waals surface area contributed by atoms with Gasteiger partial charge < -0.3 is 4.74 Å². The first-order chi connectivity index (χ1) is 11.5.